The maximum atomic E-state index is 5.83. The predicted octanol–water partition coefficient (Wildman–Crippen LogP) is 3.53. The van der Waals surface area contributed by atoms with Gasteiger partial charge in [0.1, 0.15) is 10.3 Å². The molecule has 0 N–H and O–H groups in total. The third-order valence-electron chi connectivity index (χ3n) is 2.62. The van der Waals surface area contributed by atoms with Gasteiger partial charge in [0.05, 0.1) is 19.3 Å². The van der Waals surface area contributed by atoms with Crippen LogP contribution in [0.1, 0.15) is 25.3 Å². The van der Waals surface area contributed by atoms with Crippen LogP contribution in [0.4, 0.5) is 0 Å². The molecular formula is C12H14Cl2N2O. The fourth-order valence-electron chi connectivity index (χ4n) is 1.82. The molecule has 0 saturated carbocycles. The van der Waals surface area contributed by atoms with Gasteiger partial charge in [-0.2, -0.15) is 0 Å². The van der Waals surface area contributed by atoms with E-state index in [1.165, 1.54) is 5.71 Å². The molecule has 0 bridgehead atoms. The van der Waals surface area contributed by atoms with Crippen molar-refractivity contribution in [3.05, 3.63) is 28.0 Å². The van der Waals surface area contributed by atoms with Crippen molar-refractivity contribution in [1.82, 2.24) is 4.98 Å². The molecule has 5 heteroatoms. The summed E-state index contributed by atoms with van der Waals surface area (Å²) >= 11 is 11.7. The van der Waals surface area contributed by atoms with Crippen LogP contribution in [0, 0.1) is 0 Å². The van der Waals surface area contributed by atoms with Gasteiger partial charge in [0, 0.05) is 18.6 Å². The van der Waals surface area contributed by atoms with E-state index in [0.717, 1.165) is 25.0 Å². The first kappa shape index (κ1) is 12.8. The summed E-state index contributed by atoms with van der Waals surface area (Å²) < 4.78 is 5.47. The van der Waals surface area contributed by atoms with E-state index in [1.54, 1.807) is 12.1 Å². The lowest BCUT2D eigenvalue weighted by Crippen LogP contribution is -2.23. The molecule has 0 radical (unpaired) electrons. The van der Waals surface area contributed by atoms with E-state index >= 15 is 0 Å². The molecule has 1 aromatic heterocycles. The molecule has 1 aromatic rings. The summed E-state index contributed by atoms with van der Waals surface area (Å²) in [6, 6.07) is 3.58. The Labute approximate surface area is 111 Å². The lowest BCUT2D eigenvalue weighted by molar-refractivity contribution is 0.0632. The molecule has 1 aliphatic rings. The van der Waals surface area contributed by atoms with Crippen LogP contribution in [-0.2, 0) is 11.3 Å². The van der Waals surface area contributed by atoms with Gasteiger partial charge in [-0.25, -0.2) is 4.98 Å². The van der Waals surface area contributed by atoms with Gasteiger partial charge in [-0.05, 0) is 24.6 Å². The minimum Gasteiger partial charge on any atom is -0.378 e. The summed E-state index contributed by atoms with van der Waals surface area (Å²) in [5.74, 6) is 0. The Morgan fingerprint density at radius 1 is 1.41 bits per heavy atom. The van der Waals surface area contributed by atoms with E-state index in [4.69, 9.17) is 27.9 Å². The zero-order chi connectivity index (χ0) is 12.3. The highest BCUT2D eigenvalue weighted by molar-refractivity contribution is 6.32. The van der Waals surface area contributed by atoms with Crippen LogP contribution in [0.3, 0.4) is 0 Å². The van der Waals surface area contributed by atoms with E-state index < -0.39 is 0 Å². The molecule has 2 rings (SSSR count). The molecule has 0 aliphatic carbocycles. The summed E-state index contributed by atoms with van der Waals surface area (Å²) in [6.07, 6.45) is 2.09. The maximum absolute atomic E-state index is 5.83. The second-order valence-corrected chi connectivity index (χ2v) is 4.91. The zero-order valence-corrected chi connectivity index (χ0v) is 11.1. The summed E-state index contributed by atoms with van der Waals surface area (Å²) in [6.45, 7) is 3.43. The largest absolute Gasteiger partial charge is 0.378 e. The van der Waals surface area contributed by atoms with E-state index in [0.29, 0.717) is 16.9 Å². The van der Waals surface area contributed by atoms with Crippen molar-refractivity contribution in [3.8, 4) is 0 Å². The van der Waals surface area contributed by atoms with E-state index in [2.05, 4.69) is 16.9 Å². The molecule has 1 unspecified atom stereocenters. The minimum absolute atomic E-state index is 0.270. The summed E-state index contributed by atoms with van der Waals surface area (Å²) in [4.78, 5) is 8.48. The van der Waals surface area contributed by atoms with Crippen molar-refractivity contribution in [2.45, 2.75) is 32.4 Å². The van der Waals surface area contributed by atoms with Gasteiger partial charge in [0.15, 0.2) is 0 Å². The standard InChI is InChI=1S/C12H14Cl2N2O/c1-8-4-10(2-3-17-8)15-7-9-5-11(13)16-12(14)6-9/h5-6,8H,2-4,7H2,1H3. The molecule has 0 amide bonds. The van der Waals surface area contributed by atoms with Crippen LogP contribution in [0.15, 0.2) is 17.1 Å². The molecule has 3 nitrogen and oxygen atoms in total. The predicted molar refractivity (Wildman–Crippen MR) is 70.0 cm³/mol. The van der Waals surface area contributed by atoms with Crippen LogP contribution in [0.2, 0.25) is 10.3 Å². The SMILES string of the molecule is CC1CC(=NCc2cc(Cl)nc(Cl)c2)CCO1. The van der Waals surface area contributed by atoms with Gasteiger partial charge < -0.3 is 4.74 Å². The van der Waals surface area contributed by atoms with Gasteiger partial charge in [-0.1, -0.05) is 23.2 Å². The van der Waals surface area contributed by atoms with E-state index in [-0.39, 0.29) is 6.10 Å². The van der Waals surface area contributed by atoms with Crippen molar-refractivity contribution in [1.29, 1.82) is 0 Å². The smallest absolute Gasteiger partial charge is 0.131 e. The monoisotopic (exact) mass is 272 g/mol. The molecule has 1 atom stereocenters. The fraction of sp³-hybridized carbons (Fsp3) is 0.500. The second kappa shape index (κ2) is 5.80. The Bertz CT molecular complexity index is 414. The summed E-state index contributed by atoms with van der Waals surface area (Å²) in [5, 5.41) is 0.820. The number of hydrogen-bond acceptors (Lipinski definition) is 3. The minimum atomic E-state index is 0.270. The number of pyridine rings is 1. The summed E-state index contributed by atoms with van der Waals surface area (Å²) in [5.41, 5.74) is 2.19. The molecular weight excluding hydrogens is 259 g/mol. The molecule has 1 aliphatic heterocycles. The Morgan fingerprint density at radius 2 is 2.12 bits per heavy atom. The van der Waals surface area contributed by atoms with Gasteiger partial charge in [0.2, 0.25) is 0 Å². The number of nitrogens with zero attached hydrogens (tertiary/aromatic N) is 2. The molecule has 1 saturated heterocycles. The third-order valence-corrected chi connectivity index (χ3v) is 3.01. The van der Waals surface area contributed by atoms with Crippen LogP contribution < -0.4 is 0 Å². The Kier molecular flexibility index (Phi) is 4.37. The number of aromatic nitrogens is 1. The first-order valence-corrected chi connectivity index (χ1v) is 6.35. The highest BCUT2D eigenvalue weighted by Gasteiger charge is 2.13. The third kappa shape index (κ3) is 3.95. The van der Waals surface area contributed by atoms with Gasteiger partial charge in [0.25, 0.3) is 0 Å². The molecule has 17 heavy (non-hydrogen) atoms. The van der Waals surface area contributed by atoms with Crippen LogP contribution in [0.5, 0.6) is 0 Å². The number of ether oxygens (including phenoxy) is 1. The van der Waals surface area contributed by atoms with Crippen molar-refractivity contribution in [3.63, 3.8) is 0 Å². The summed E-state index contributed by atoms with van der Waals surface area (Å²) in [7, 11) is 0. The zero-order valence-electron chi connectivity index (χ0n) is 9.62. The Hall–Kier alpha value is -0.640. The first-order valence-electron chi connectivity index (χ1n) is 5.59. The Morgan fingerprint density at radius 3 is 2.76 bits per heavy atom. The number of hydrogen-bond donors (Lipinski definition) is 0. The second-order valence-electron chi connectivity index (χ2n) is 4.14. The molecule has 0 spiro atoms. The van der Waals surface area contributed by atoms with Crippen LogP contribution in [0.25, 0.3) is 0 Å². The van der Waals surface area contributed by atoms with Gasteiger partial charge in [-0.15, -0.1) is 0 Å². The molecule has 92 valence electrons. The number of halogens is 2. The highest BCUT2D eigenvalue weighted by atomic mass is 35.5. The lowest BCUT2D eigenvalue weighted by Gasteiger charge is -2.20. The quantitative estimate of drug-likeness (QED) is 0.772. The highest BCUT2D eigenvalue weighted by Crippen LogP contribution is 2.16. The molecule has 1 fully saturated rings. The molecule has 0 aromatic carbocycles. The van der Waals surface area contributed by atoms with Crippen LogP contribution in [-0.4, -0.2) is 23.4 Å². The van der Waals surface area contributed by atoms with Gasteiger partial charge in [-0.3, -0.25) is 4.99 Å². The van der Waals surface area contributed by atoms with Crippen LogP contribution >= 0.6 is 23.2 Å². The van der Waals surface area contributed by atoms with Crippen molar-refractivity contribution in [2.24, 2.45) is 4.99 Å². The lowest BCUT2D eigenvalue weighted by atomic mass is 10.1. The first-order chi connectivity index (χ1) is 8.13. The van der Waals surface area contributed by atoms with Gasteiger partial charge >= 0.3 is 0 Å². The average molecular weight is 273 g/mol. The number of aliphatic imine (C=N–C) groups is 1. The van der Waals surface area contributed by atoms with Crippen molar-refractivity contribution >= 4 is 28.9 Å². The molecule has 2 heterocycles. The average Bonchev–Trinajstić information content (AvgIpc) is 2.25. The van der Waals surface area contributed by atoms with Crippen molar-refractivity contribution < 1.29 is 4.74 Å². The Balaban J connectivity index is 2.03. The van der Waals surface area contributed by atoms with E-state index in [1.807, 2.05) is 0 Å². The maximum Gasteiger partial charge on any atom is 0.131 e. The van der Waals surface area contributed by atoms with E-state index in [9.17, 15) is 0 Å². The van der Waals surface area contributed by atoms with Crippen molar-refractivity contribution in [2.75, 3.05) is 6.61 Å². The topological polar surface area (TPSA) is 34.5 Å². The normalized spacial score (nSPS) is 23.0. The fourth-order valence-corrected chi connectivity index (χ4v) is 2.33. The number of rotatable bonds is 2.